The Hall–Kier alpha value is -1.34. The van der Waals surface area contributed by atoms with Crippen molar-refractivity contribution in [3.63, 3.8) is 0 Å². The Morgan fingerprint density at radius 3 is 2.56 bits per heavy atom. The number of benzene rings is 3. The maximum atomic E-state index is 12.4. The van der Waals surface area contributed by atoms with E-state index in [1.54, 1.807) is 24.3 Å². The molecule has 1 aliphatic rings. The third-order valence-corrected chi connectivity index (χ3v) is 6.09. The van der Waals surface area contributed by atoms with Crippen LogP contribution in [0.25, 0.3) is 0 Å². The third kappa shape index (κ3) is 6.16. The van der Waals surface area contributed by atoms with E-state index in [-0.39, 0.29) is 35.5 Å². The van der Waals surface area contributed by atoms with Crippen LogP contribution < -0.4 is 44.3 Å². The minimum atomic E-state index is -0.141. The molecule has 8 heteroatoms. The van der Waals surface area contributed by atoms with Gasteiger partial charge in [-0.05, 0) is 54.8 Å². The van der Waals surface area contributed by atoms with E-state index in [9.17, 15) is 4.79 Å². The fourth-order valence-corrected chi connectivity index (χ4v) is 4.36. The molecule has 4 nitrogen and oxygen atoms in total. The van der Waals surface area contributed by atoms with Gasteiger partial charge in [0.1, 0.15) is 11.5 Å². The van der Waals surface area contributed by atoms with Crippen LogP contribution in [-0.2, 0) is 6.42 Å². The molecule has 0 radical (unpaired) electrons. The van der Waals surface area contributed by atoms with Crippen molar-refractivity contribution < 1.29 is 43.8 Å². The number of hydrogen-bond donors (Lipinski definition) is 1. The minimum Gasteiger partial charge on any atom is -0.550 e. The number of nitrogens with one attached hydrogen (secondary N) is 1. The summed E-state index contributed by atoms with van der Waals surface area (Å²) in [6.45, 7) is 1.15. The number of fused-ring (bicyclic) bond motifs is 1. The van der Waals surface area contributed by atoms with Gasteiger partial charge in [0.15, 0.2) is 0 Å². The predicted octanol–water partition coefficient (Wildman–Crippen LogP) is 3.86. The molecule has 0 atom stereocenters. The number of amides is 1. The molecule has 0 fully saturated rings. The van der Waals surface area contributed by atoms with Crippen LogP contribution in [0.4, 0.5) is 0 Å². The third-order valence-electron chi connectivity index (χ3n) is 4.84. The van der Waals surface area contributed by atoms with Gasteiger partial charge in [-0.2, -0.15) is 6.42 Å². The van der Waals surface area contributed by atoms with Crippen molar-refractivity contribution in [2.45, 2.75) is 12.8 Å². The van der Waals surface area contributed by atoms with Crippen molar-refractivity contribution >= 4 is 45.0 Å². The van der Waals surface area contributed by atoms with Crippen molar-refractivity contribution in [3.8, 4) is 17.2 Å². The van der Waals surface area contributed by atoms with E-state index in [2.05, 4.69) is 27.7 Å². The Balaban J connectivity index is 0.00000289. The van der Waals surface area contributed by atoms with Crippen LogP contribution in [0.5, 0.6) is 17.2 Å². The summed E-state index contributed by atoms with van der Waals surface area (Å²) in [6.07, 6.45) is 3.66. The quantitative estimate of drug-likeness (QED) is 0.380. The first-order valence-electron chi connectivity index (χ1n) is 9.80. The van der Waals surface area contributed by atoms with E-state index < -0.39 is 0 Å². The van der Waals surface area contributed by atoms with Gasteiger partial charge < -0.3 is 14.8 Å². The van der Waals surface area contributed by atoms with E-state index in [1.807, 2.05) is 30.3 Å². The molecule has 32 heavy (non-hydrogen) atoms. The molecule has 160 valence electrons. The molecular weight excluding hydrogens is 524 g/mol. The van der Waals surface area contributed by atoms with Gasteiger partial charge >= 0.3 is 29.6 Å². The van der Waals surface area contributed by atoms with Crippen LogP contribution in [0.2, 0.25) is 10.0 Å². The molecular formula is C24H19BrCl2NNaO3. The summed E-state index contributed by atoms with van der Waals surface area (Å²) < 4.78 is 12.4. The van der Waals surface area contributed by atoms with Gasteiger partial charge in [0, 0.05) is 32.4 Å². The summed E-state index contributed by atoms with van der Waals surface area (Å²) in [4.78, 5) is 12.4. The van der Waals surface area contributed by atoms with Gasteiger partial charge in [-0.3, -0.25) is 4.79 Å². The van der Waals surface area contributed by atoms with E-state index in [4.69, 9.17) is 32.7 Å². The van der Waals surface area contributed by atoms with Gasteiger partial charge in [-0.1, -0.05) is 51.3 Å². The molecule has 0 saturated heterocycles. The zero-order valence-electron chi connectivity index (χ0n) is 17.5. The molecule has 3 aromatic rings. The summed E-state index contributed by atoms with van der Waals surface area (Å²) in [6, 6.07) is 16.3. The molecule has 0 spiro atoms. The molecule has 1 aliphatic heterocycles. The van der Waals surface area contributed by atoms with Gasteiger partial charge in [0.05, 0.1) is 6.61 Å². The van der Waals surface area contributed by atoms with Gasteiger partial charge in [-0.15, -0.1) is 11.6 Å². The molecule has 4 rings (SSSR count). The Kier molecular flexibility index (Phi) is 9.23. The number of carbonyl (C=O) groups is 1. The fourth-order valence-electron chi connectivity index (χ4n) is 3.24. The average Bonchev–Trinajstić information content (AvgIpc) is 2.78. The van der Waals surface area contributed by atoms with Crippen LogP contribution in [0.1, 0.15) is 27.9 Å². The monoisotopic (exact) mass is 541 g/mol. The van der Waals surface area contributed by atoms with Crippen LogP contribution >= 0.6 is 39.1 Å². The fraction of sp³-hybridized carbons (Fsp3) is 0.167. The first kappa shape index (κ1) is 25.3. The van der Waals surface area contributed by atoms with Crippen molar-refractivity contribution in [2.24, 2.45) is 0 Å². The van der Waals surface area contributed by atoms with Crippen LogP contribution in [0.15, 0.2) is 59.1 Å². The van der Waals surface area contributed by atoms with Crippen LogP contribution in [-0.4, -0.2) is 19.1 Å². The normalized spacial score (nSPS) is 12.0. The number of carbonyl (C=O) groups excluding carboxylic acids is 1. The number of rotatable bonds is 6. The van der Waals surface area contributed by atoms with E-state index >= 15 is 0 Å². The first-order valence-corrected chi connectivity index (χ1v) is 11.3. The van der Waals surface area contributed by atoms with E-state index in [1.165, 1.54) is 0 Å². The smallest absolute Gasteiger partial charge is 0.550 e. The minimum absolute atomic E-state index is 0. The summed E-state index contributed by atoms with van der Waals surface area (Å²) in [5.74, 6) is 1.63. The maximum Gasteiger partial charge on any atom is 1.00 e. The summed E-state index contributed by atoms with van der Waals surface area (Å²) >= 11 is 15.8. The van der Waals surface area contributed by atoms with Gasteiger partial charge in [0.25, 0.3) is 5.91 Å². The molecule has 0 aliphatic carbocycles. The summed E-state index contributed by atoms with van der Waals surface area (Å²) in [5.41, 5.74) is 2.61. The second-order valence-corrected chi connectivity index (χ2v) is 8.66. The van der Waals surface area contributed by atoms with Gasteiger partial charge in [0.2, 0.25) is 0 Å². The molecule has 0 unspecified atom stereocenters. The average molecular weight is 543 g/mol. The molecule has 3 aromatic carbocycles. The summed E-state index contributed by atoms with van der Waals surface area (Å²) in [5, 5.41) is 4.10. The molecule has 1 heterocycles. The van der Waals surface area contributed by atoms with E-state index in [0.717, 1.165) is 29.7 Å². The Morgan fingerprint density at radius 1 is 1.12 bits per heavy atom. The Labute approximate surface area is 228 Å². The SMILES string of the molecule is O=C(NCCc1ccc(Cl)cc1)c1ccc(Oc2c(Cl)cc3c(c2Br)OCC[CH-]3)cc1.[Na+]. The molecule has 0 saturated carbocycles. The standard InChI is InChI=1S/C24H19BrCl2NO3.Na/c25-21-22-17(2-1-13-30-22)14-20(27)23(21)31-19-9-5-16(6-10-19)24(29)28-12-11-15-3-7-18(26)8-4-15;/h2-10,14H,1,11-13H2,(H,28,29);/q-1;+1. The van der Waals surface area contributed by atoms with Gasteiger partial charge in [-0.25, -0.2) is 0 Å². The Morgan fingerprint density at radius 2 is 1.84 bits per heavy atom. The molecule has 1 amide bonds. The number of halogens is 3. The maximum absolute atomic E-state index is 12.4. The summed E-state index contributed by atoms with van der Waals surface area (Å²) in [7, 11) is 0. The topological polar surface area (TPSA) is 47.6 Å². The largest absolute Gasteiger partial charge is 1.00 e. The second-order valence-electron chi connectivity index (χ2n) is 7.02. The van der Waals surface area contributed by atoms with Crippen molar-refractivity contribution in [1.29, 1.82) is 0 Å². The predicted molar refractivity (Wildman–Crippen MR) is 127 cm³/mol. The molecule has 0 aromatic heterocycles. The molecule has 0 bridgehead atoms. The number of ether oxygens (including phenoxy) is 2. The van der Waals surface area contributed by atoms with E-state index in [0.29, 0.717) is 44.7 Å². The van der Waals surface area contributed by atoms with Crippen LogP contribution in [0.3, 0.4) is 0 Å². The zero-order valence-corrected chi connectivity index (χ0v) is 22.6. The number of hydrogen-bond acceptors (Lipinski definition) is 3. The van der Waals surface area contributed by atoms with Crippen molar-refractivity contribution in [1.82, 2.24) is 5.32 Å². The Bertz CT molecular complexity index is 1090. The first-order chi connectivity index (χ1) is 15.0. The van der Waals surface area contributed by atoms with Crippen molar-refractivity contribution in [3.05, 3.63) is 92.2 Å². The van der Waals surface area contributed by atoms with Crippen LogP contribution in [0, 0.1) is 6.42 Å². The van der Waals surface area contributed by atoms with Crippen molar-refractivity contribution in [2.75, 3.05) is 13.2 Å². The second kappa shape index (κ2) is 11.7. The zero-order chi connectivity index (χ0) is 21.8. The molecule has 1 N–H and O–H groups in total.